The average Bonchev–Trinajstić information content (AvgIpc) is 2.45. The number of phenolic OH excluding ortho intramolecular Hbond substituents is 1. The van der Waals surface area contributed by atoms with Crippen molar-refractivity contribution < 1.29 is 19.8 Å². The lowest BCUT2D eigenvalue weighted by Crippen LogP contribution is -2.47. The molecular formula is C15H22N2O4. The van der Waals surface area contributed by atoms with Gasteiger partial charge in [-0.05, 0) is 24.1 Å². The number of amides is 2. The second-order valence-corrected chi connectivity index (χ2v) is 4.99. The van der Waals surface area contributed by atoms with Crippen molar-refractivity contribution in [2.75, 3.05) is 13.6 Å². The molecule has 0 heterocycles. The number of benzene rings is 1. The van der Waals surface area contributed by atoms with Crippen LogP contribution in [0.2, 0.25) is 0 Å². The molecule has 0 aliphatic rings. The van der Waals surface area contributed by atoms with Crippen LogP contribution in [0, 0.1) is 0 Å². The van der Waals surface area contributed by atoms with Gasteiger partial charge in [0.05, 0.1) is 0 Å². The maximum Gasteiger partial charge on any atom is 0.326 e. The number of phenols is 1. The molecule has 0 saturated heterocycles. The number of carbonyl (C=O) groups is 2. The Hall–Kier alpha value is -2.24. The second kappa shape index (κ2) is 8.14. The van der Waals surface area contributed by atoms with Crippen LogP contribution in [0.15, 0.2) is 24.3 Å². The molecule has 0 aromatic heterocycles. The molecule has 0 aliphatic carbocycles. The molecule has 0 unspecified atom stereocenters. The summed E-state index contributed by atoms with van der Waals surface area (Å²) in [5.41, 5.74) is 0.733. The van der Waals surface area contributed by atoms with Crippen molar-refractivity contribution in [2.45, 2.75) is 32.2 Å². The van der Waals surface area contributed by atoms with Crippen molar-refractivity contribution in [1.82, 2.24) is 10.2 Å². The zero-order chi connectivity index (χ0) is 15.8. The number of aromatic hydroxyl groups is 1. The van der Waals surface area contributed by atoms with E-state index in [-0.39, 0.29) is 12.2 Å². The number of carboxylic acid groups (broad SMARTS) is 1. The maximum absolute atomic E-state index is 11.9. The quantitative estimate of drug-likeness (QED) is 0.715. The Morgan fingerprint density at radius 2 is 1.90 bits per heavy atom. The highest BCUT2D eigenvalue weighted by molar-refractivity contribution is 5.82. The van der Waals surface area contributed by atoms with Crippen LogP contribution in [0.4, 0.5) is 4.79 Å². The van der Waals surface area contributed by atoms with Crippen LogP contribution in [-0.4, -0.2) is 46.7 Å². The lowest BCUT2D eigenvalue weighted by molar-refractivity contribution is -0.139. The Balaban J connectivity index is 2.63. The van der Waals surface area contributed by atoms with Crippen LogP contribution >= 0.6 is 0 Å². The van der Waals surface area contributed by atoms with Gasteiger partial charge in [0.15, 0.2) is 0 Å². The molecule has 0 fully saturated rings. The fourth-order valence-corrected chi connectivity index (χ4v) is 1.82. The third kappa shape index (κ3) is 5.72. The minimum Gasteiger partial charge on any atom is -0.508 e. The number of urea groups is 1. The lowest BCUT2D eigenvalue weighted by Gasteiger charge is -2.21. The zero-order valence-electron chi connectivity index (χ0n) is 12.4. The van der Waals surface area contributed by atoms with Crippen molar-refractivity contribution >= 4 is 12.0 Å². The van der Waals surface area contributed by atoms with E-state index in [9.17, 15) is 19.8 Å². The maximum atomic E-state index is 11.9. The topological polar surface area (TPSA) is 89.9 Å². The molecule has 0 saturated carbocycles. The summed E-state index contributed by atoms with van der Waals surface area (Å²) in [6.07, 6.45) is 2.01. The largest absolute Gasteiger partial charge is 0.508 e. The summed E-state index contributed by atoms with van der Waals surface area (Å²) >= 11 is 0. The van der Waals surface area contributed by atoms with Gasteiger partial charge in [0.1, 0.15) is 11.8 Å². The van der Waals surface area contributed by atoms with Crippen molar-refractivity contribution in [1.29, 1.82) is 0 Å². The Bertz CT molecular complexity index is 473. The molecular weight excluding hydrogens is 272 g/mol. The van der Waals surface area contributed by atoms with Gasteiger partial charge in [-0.2, -0.15) is 0 Å². The first kappa shape index (κ1) is 16.8. The van der Waals surface area contributed by atoms with E-state index in [0.717, 1.165) is 18.4 Å². The van der Waals surface area contributed by atoms with Gasteiger partial charge in [0.25, 0.3) is 0 Å². The highest BCUT2D eigenvalue weighted by atomic mass is 16.4. The van der Waals surface area contributed by atoms with Crippen LogP contribution in [0.25, 0.3) is 0 Å². The van der Waals surface area contributed by atoms with Crippen LogP contribution in [0.1, 0.15) is 25.3 Å². The normalized spacial score (nSPS) is 11.7. The SMILES string of the molecule is CCCCN(C)C(=O)N[C@H](Cc1ccc(O)cc1)C(=O)O. The molecule has 3 N–H and O–H groups in total. The van der Waals surface area contributed by atoms with Gasteiger partial charge in [-0.15, -0.1) is 0 Å². The van der Waals surface area contributed by atoms with Gasteiger partial charge in [-0.1, -0.05) is 25.5 Å². The molecule has 1 aromatic rings. The summed E-state index contributed by atoms with van der Waals surface area (Å²) in [4.78, 5) is 24.7. The highest BCUT2D eigenvalue weighted by Gasteiger charge is 2.21. The molecule has 6 nitrogen and oxygen atoms in total. The van der Waals surface area contributed by atoms with Crippen LogP contribution in [0.3, 0.4) is 0 Å². The van der Waals surface area contributed by atoms with Crippen LogP contribution in [-0.2, 0) is 11.2 Å². The molecule has 0 bridgehead atoms. The Kier molecular flexibility index (Phi) is 6.52. The molecule has 1 rings (SSSR count). The van der Waals surface area contributed by atoms with Crippen molar-refractivity contribution in [3.63, 3.8) is 0 Å². The van der Waals surface area contributed by atoms with Gasteiger partial charge in [0, 0.05) is 20.0 Å². The van der Waals surface area contributed by atoms with Crippen molar-refractivity contribution in [2.24, 2.45) is 0 Å². The van der Waals surface area contributed by atoms with Gasteiger partial charge >= 0.3 is 12.0 Å². The van der Waals surface area contributed by atoms with Crippen molar-refractivity contribution in [3.8, 4) is 5.75 Å². The fraction of sp³-hybridized carbons (Fsp3) is 0.467. The summed E-state index contributed by atoms with van der Waals surface area (Å²) in [5, 5.41) is 20.9. The predicted octanol–water partition coefficient (Wildman–Crippen LogP) is 1.83. The molecule has 116 valence electrons. The van der Waals surface area contributed by atoms with Crippen LogP contribution < -0.4 is 5.32 Å². The highest BCUT2D eigenvalue weighted by Crippen LogP contribution is 2.11. The monoisotopic (exact) mass is 294 g/mol. The van der Waals surface area contributed by atoms with Gasteiger partial charge < -0.3 is 20.4 Å². The number of carbonyl (C=O) groups excluding carboxylic acids is 1. The lowest BCUT2D eigenvalue weighted by atomic mass is 10.1. The summed E-state index contributed by atoms with van der Waals surface area (Å²) in [6, 6.07) is 4.87. The summed E-state index contributed by atoms with van der Waals surface area (Å²) in [6.45, 7) is 2.62. The number of rotatable bonds is 7. The molecule has 0 radical (unpaired) electrons. The van der Waals surface area contributed by atoms with Gasteiger partial charge in [-0.3, -0.25) is 0 Å². The molecule has 1 atom stereocenters. The van der Waals surface area contributed by atoms with E-state index in [0.29, 0.717) is 6.54 Å². The number of hydrogen-bond acceptors (Lipinski definition) is 3. The molecule has 0 spiro atoms. The molecule has 2 amide bonds. The third-order valence-corrected chi connectivity index (χ3v) is 3.17. The minimum absolute atomic E-state index is 0.119. The standard InChI is InChI=1S/C15H22N2O4/c1-3-4-9-17(2)15(21)16-13(14(19)20)10-11-5-7-12(18)8-6-11/h5-8,13,18H,3-4,9-10H2,1-2H3,(H,16,21)(H,19,20)/t13-/m1/s1. The summed E-state index contributed by atoms with van der Waals surface area (Å²) < 4.78 is 0. The van der Waals surface area contributed by atoms with E-state index in [2.05, 4.69) is 5.32 Å². The molecule has 0 aliphatic heterocycles. The van der Waals surface area contributed by atoms with E-state index in [1.165, 1.54) is 17.0 Å². The van der Waals surface area contributed by atoms with E-state index in [1.807, 2.05) is 6.92 Å². The van der Waals surface area contributed by atoms with Crippen LogP contribution in [0.5, 0.6) is 5.75 Å². The summed E-state index contributed by atoms with van der Waals surface area (Å²) in [7, 11) is 1.64. The smallest absolute Gasteiger partial charge is 0.326 e. The number of hydrogen-bond donors (Lipinski definition) is 3. The first-order chi connectivity index (χ1) is 9.93. The van der Waals surface area contributed by atoms with Gasteiger partial charge in [0.2, 0.25) is 0 Å². The van der Waals surface area contributed by atoms with Crippen molar-refractivity contribution in [3.05, 3.63) is 29.8 Å². The zero-order valence-corrected chi connectivity index (χ0v) is 12.4. The Labute approximate surface area is 124 Å². The average molecular weight is 294 g/mol. The number of carboxylic acids is 1. The third-order valence-electron chi connectivity index (χ3n) is 3.17. The van der Waals surface area contributed by atoms with E-state index in [4.69, 9.17) is 0 Å². The number of unbranched alkanes of at least 4 members (excludes halogenated alkanes) is 1. The number of aliphatic carboxylic acids is 1. The first-order valence-electron chi connectivity index (χ1n) is 6.96. The minimum atomic E-state index is -1.08. The number of nitrogens with zero attached hydrogens (tertiary/aromatic N) is 1. The predicted molar refractivity (Wildman–Crippen MR) is 79.3 cm³/mol. The molecule has 6 heteroatoms. The Morgan fingerprint density at radius 3 is 2.43 bits per heavy atom. The number of nitrogens with one attached hydrogen (secondary N) is 1. The first-order valence-corrected chi connectivity index (χ1v) is 6.96. The molecule has 21 heavy (non-hydrogen) atoms. The fourth-order valence-electron chi connectivity index (χ4n) is 1.82. The second-order valence-electron chi connectivity index (χ2n) is 4.99. The summed E-state index contributed by atoms with van der Waals surface area (Å²) in [5.74, 6) is -0.964. The van der Waals surface area contributed by atoms with Gasteiger partial charge in [-0.25, -0.2) is 9.59 Å². The van der Waals surface area contributed by atoms with E-state index >= 15 is 0 Å². The Morgan fingerprint density at radius 1 is 1.29 bits per heavy atom. The van der Waals surface area contributed by atoms with E-state index < -0.39 is 18.0 Å². The van der Waals surface area contributed by atoms with E-state index in [1.54, 1.807) is 19.2 Å². The molecule has 1 aromatic carbocycles.